The molecule has 0 fully saturated rings. The third-order valence-corrected chi connectivity index (χ3v) is 4.70. The van der Waals surface area contributed by atoms with Gasteiger partial charge in [0, 0.05) is 29.3 Å². The highest BCUT2D eigenvalue weighted by atomic mass is 32.1. The zero-order valence-electron chi connectivity index (χ0n) is 12.8. The van der Waals surface area contributed by atoms with E-state index in [4.69, 9.17) is 9.52 Å². The van der Waals surface area contributed by atoms with Gasteiger partial charge in [-0.1, -0.05) is 26.8 Å². The minimum absolute atomic E-state index is 0.0382. The Labute approximate surface area is 133 Å². The van der Waals surface area contributed by atoms with Crippen LogP contribution in [0.25, 0.3) is 0 Å². The van der Waals surface area contributed by atoms with Crippen molar-refractivity contribution in [3.8, 4) is 0 Å². The zero-order valence-corrected chi connectivity index (χ0v) is 13.6. The lowest BCUT2D eigenvalue weighted by atomic mass is 9.91. The summed E-state index contributed by atoms with van der Waals surface area (Å²) in [6, 6.07) is 5.29. The fourth-order valence-electron chi connectivity index (χ4n) is 2.12. The summed E-state index contributed by atoms with van der Waals surface area (Å²) in [5, 5.41) is 13.9. The van der Waals surface area contributed by atoms with Crippen LogP contribution in [0.2, 0.25) is 0 Å². The zero-order chi connectivity index (χ0) is 16.3. The number of hydrogen-bond acceptors (Lipinski definition) is 4. The van der Waals surface area contributed by atoms with Crippen molar-refractivity contribution < 1.29 is 19.1 Å². The maximum Gasteiger partial charge on any atom is 0.339 e. The van der Waals surface area contributed by atoms with E-state index in [0.29, 0.717) is 18.7 Å². The predicted molar refractivity (Wildman–Crippen MR) is 84.7 cm³/mol. The van der Waals surface area contributed by atoms with Crippen LogP contribution in [0, 0.1) is 0 Å². The first-order chi connectivity index (χ1) is 10.3. The van der Waals surface area contributed by atoms with Gasteiger partial charge in [-0.15, -0.1) is 11.3 Å². The molecule has 118 valence electrons. The number of rotatable bonds is 6. The largest absolute Gasteiger partial charge is 0.478 e. The second kappa shape index (κ2) is 6.36. The summed E-state index contributed by atoms with van der Waals surface area (Å²) in [6.45, 7) is 6.31. The van der Waals surface area contributed by atoms with Gasteiger partial charge in [0.2, 0.25) is 0 Å². The molecule has 0 unspecified atom stereocenters. The second-order valence-electron chi connectivity index (χ2n) is 5.65. The Morgan fingerprint density at radius 1 is 1.41 bits per heavy atom. The fourth-order valence-corrected chi connectivity index (χ4v) is 2.98. The van der Waals surface area contributed by atoms with Gasteiger partial charge in [0.1, 0.15) is 11.3 Å². The third kappa shape index (κ3) is 3.39. The molecule has 0 aliphatic heterocycles. The first-order valence-electron chi connectivity index (χ1n) is 7.03. The van der Waals surface area contributed by atoms with Crippen LogP contribution in [0.3, 0.4) is 0 Å². The topological polar surface area (TPSA) is 79.5 Å². The minimum Gasteiger partial charge on any atom is -0.478 e. The number of thiophene rings is 1. The normalized spacial score (nSPS) is 11.4. The number of aromatic carboxylic acids is 1. The molecule has 0 atom stereocenters. The summed E-state index contributed by atoms with van der Waals surface area (Å²) in [4.78, 5) is 24.4. The molecular formula is C16H19NO4S. The average molecular weight is 321 g/mol. The van der Waals surface area contributed by atoms with Gasteiger partial charge in [-0.05, 0) is 11.4 Å². The molecule has 0 spiro atoms. The molecule has 0 aliphatic carbocycles. The van der Waals surface area contributed by atoms with Crippen LogP contribution in [-0.4, -0.2) is 23.5 Å². The second-order valence-corrected chi connectivity index (χ2v) is 6.60. The van der Waals surface area contributed by atoms with Crippen molar-refractivity contribution in [2.24, 2.45) is 0 Å². The van der Waals surface area contributed by atoms with Crippen LogP contribution in [0.4, 0.5) is 0 Å². The lowest BCUT2D eigenvalue weighted by Gasteiger charge is -2.23. The SMILES string of the molecule is CCc1oc(C(=O)NCC(C)(C)c2cccs2)cc1C(=O)O. The van der Waals surface area contributed by atoms with Gasteiger partial charge >= 0.3 is 5.97 Å². The summed E-state index contributed by atoms with van der Waals surface area (Å²) >= 11 is 1.64. The highest BCUT2D eigenvalue weighted by Gasteiger charge is 2.25. The van der Waals surface area contributed by atoms with E-state index in [0.717, 1.165) is 0 Å². The number of carbonyl (C=O) groups is 2. The monoisotopic (exact) mass is 321 g/mol. The number of amides is 1. The van der Waals surface area contributed by atoms with Crippen molar-refractivity contribution in [2.45, 2.75) is 32.6 Å². The van der Waals surface area contributed by atoms with E-state index in [1.165, 1.54) is 10.9 Å². The number of hydrogen-bond donors (Lipinski definition) is 2. The van der Waals surface area contributed by atoms with Gasteiger partial charge in [0.25, 0.3) is 5.91 Å². The van der Waals surface area contributed by atoms with Crippen molar-refractivity contribution in [2.75, 3.05) is 6.54 Å². The Kier molecular flexibility index (Phi) is 4.71. The van der Waals surface area contributed by atoms with Crippen molar-refractivity contribution >= 4 is 23.2 Å². The highest BCUT2D eigenvalue weighted by Crippen LogP contribution is 2.26. The van der Waals surface area contributed by atoms with E-state index in [1.807, 2.05) is 31.4 Å². The quantitative estimate of drug-likeness (QED) is 0.855. The van der Waals surface area contributed by atoms with Gasteiger partial charge in [-0.3, -0.25) is 4.79 Å². The summed E-state index contributed by atoms with van der Waals surface area (Å²) in [7, 11) is 0. The van der Waals surface area contributed by atoms with E-state index in [9.17, 15) is 9.59 Å². The summed E-state index contributed by atoms with van der Waals surface area (Å²) in [5.74, 6) is -1.13. The predicted octanol–water partition coefficient (Wildman–Crippen LogP) is 3.31. The number of carboxylic acids is 1. The fraction of sp³-hybridized carbons (Fsp3) is 0.375. The van der Waals surface area contributed by atoms with Crippen molar-refractivity contribution in [1.82, 2.24) is 5.32 Å². The van der Waals surface area contributed by atoms with E-state index in [-0.39, 0.29) is 16.7 Å². The maximum atomic E-state index is 12.2. The molecule has 2 aromatic heterocycles. The molecule has 0 radical (unpaired) electrons. The van der Waals surface area contributed by atoms with Gasteiger partial charge in [0.15, 0.2) is 5.76 Å². The van der Waals surface area contributed by atoms with Crippen molar-refractivity contribution in [3.05, 3.63) is 45.5 Å². The molecule has 2 rings (SSSR count). The van der Waals surface area contributed by atoms with E-state index < -0.39 is 11.9 Å². The number of furan rings is 1. The summed E-state index contributed by atoms with van der Waals surface area (Å²) in [6.07, 6.45) is 0.426. The molecule has 0 saturated heterocycles. The lowest BCUT2D eigenvalue weighted by molar-refractivity contribution is 0.0694. The van der Waals surface area contributed by atoms with Crippen molar-refractivity contribution in [3.63, 3.8) is 0 Å². The first-order valence-corrected chi connectivity index (χ1v) is 7.91. The van der Waals surface area contributed by atoms with Crippen LogP contribution in [0.5, 0.6) is 0 Å². The maximum absolute atomic E-state index is 12.2. The first kappa shape index (κ1) is 16.3. The Morgan fingerprint density at radius 3 is 2.64 bits per heavy atom. The Morgan fingerprint density at radius 2 is 2.14 bits per heavy atom. The number of nitrogens with one attached hydrogen (secondary N) is 1. The number of carboxylic acid groups (broad SMARTS) is 1. The van der Waals surface area contributed by atoms with E-state index >= 15 is 0 Å². The smallest absolute Gasteiger partial charge is 0.339 e. The molecule has 0 saturated carbocycles. The molecular weight excluding hydrogens is 302 g/mol. The number of carbonyl (C=O) groups excluding carboxylic acids is 1. The molecule has 6 heteroatoms. The summed E-state index contributed by atoms with van der Waals surface area (Å²) in [5.41, 5.74) is -0.148. The summed E-state index contributed by atoms with van der Waals surface area (Å²) < 4.78 is 5.35. The molecule has 5 nitrogen and oxygen atoms in total. The van der Waals surface area contributed by atoms with Crippen molar-refractivity contribution in [1.29, 1.82) is 0 Å². The number of aryl methyl sites for hydroxylation is 1. The molecule has 2 heterocycles. The van der Waals surface area contributed by atoms with Crippen LogP contribution in [0.15, 0.2) is 28.0 Å². The Balaban J connectivity index is 2.08. The van der Waals surface area contributed by atoms with Gasteiger partial charge < -0.3 is 14.8 Å². The molecule has 0 bridgehead atoms. The molecule has 0 aromatic carbocycles. The van der Waals surface area contributed by atoms with Crippen LogP contribution in [0.1, 0.15) is 52.3 Å². The molecule has 2 aromatic rings. The van der Waals surface area contributed by atoms with Gasteiger partial charge in [-0.2, -0.15) is 0 Å². The minimum atomic E-state index is -1.08. The Bertz CT molecular complexity index is 670. The van der Waals surface area contributed by atoms with Gasteiger partial charge in [0.05, 0.1) is 0 Å². The highest BCUT2D eigenvalue weighted by molar-refractivity contribution is 7.10. The molecule has 2 N–H and O–H groups in total. The van der Waals surface area contributed by atoms with E-state index in [1.54, 1.807) is 18.3 Å². The van der Waals surface area contributed by atoms with Crippen LogP contribution < -0.4 is 5.32 Å². The average Bonchev–Trinajstić information content (AvgIpc) is 3.13. The Hall–Kier alpha value is -2.08. The standard InChI is InChI=1S/C16H19NO4S/c1-4-11-10(15(19)20)8-12(21-11)14(18)17-9-16(2,3)13-6-5-7-22-13/h5-8H,4,9H2,1-3H3,(H,17,18)(H,19,20). The molecule has 1 amide bonds. The van der Waals surface area contributed by atoms with Crippen LogP contribution >= 0.6 is 11.3 Å². The third-order valence-electron chi connectivity index (χ3n) is 3.46. The van der Waals surface area contributed by atoms with Crippen LogP contribution in [-0.2, 0) is 11.8 Å². The molecule has 0 aliphatic rings. The lowest BCUT2D eigenvalue weighted by Crippen LogP contribution is -2.36. The van der Waals surface area contributed by atoms with Gasteiger partial charge in [-0.25, -0.2) is 4.79 Å². The molecule has 22 heavy (non-hydrogen) atoms. The van der Waals surface area contributed by atoms with E-state index in [2.05, 4.69) is 5.32 Å².